The number of carbonyl (C=O) groups is 1. The summed E-state index contributed by atoms with van der Waals surface area (Å²) in [6.07, 6.45) is 2.64. The molecule has 2 rings (SSSR count). The molecule has 1 aromatic rings. The molecular weight excluding hydrogens is 192 g/mol. The van der Waals surface area contributed by atoms with Crippen LogP contribution in [0, 0.1) is 6.92 Å². The average Bonchev–Trinajstić information content (AvgIpc) is 2.52. The van der Waals surface area contributed by atoms with Crippen LogP contribution in [-0.4, -0.2) is 20.6 Å². The fraction of sp³-hybridized carbons (Fsp3) is 0.636. The SMILES string of the molecule is CCn1c(C)nc2c1CCCC2C(=O)O. The largest absolute Gasteiger partial charge is 0.481 e. The van der Waals surface area contributed by atoms with Gasteiger partial charge in [0.15, 0.2) is 0 Å². The number of aromatic nitrogens is 2. The van der Waals surface area contributed by atoms with E-state index in [9.17, 15) is 4.79 Å². The van der Waals surface area contributed by atoms with Crippen LogP contribution in [0.5, 0.6) is 0 Å². The lowest BCUT2D eigenvalue weighted by atomic mass is 9.90. The van der Waals surface area contributed by atoms with Crippen LogP contribution in [0.25, 0.3) is 0 Å². The van der Waals surface area contributed by atoms with Crippen molar-refractivity contribution in [1.29, 1.82) is 0 Å². The molecule has 0 amide bonds. The van der Waals surface area contributed by atoms with E-state index < -0.39 is 5.97 Å². The van der Waals surface area contributed by atoms with Crippen molar-refractivity contribution < 1.29 is 9.90 Å². The highest BCUT2D eigenvalue weighted by Crippen LogP contribution is 2.31. The number of hydrogen-bond acceptors (Lipinski definition) is 2. The third kappa shape index (κ3) is 1.54. The van der Waals surface area contributed by atoms with Gasteiger partial charge in [0.2, 0.25) is 0 Å². The van der Waals surface area contributed by atoms with Crippen molar-refractivity contribution >= 4 is 5.97 Å². The van der Waals surface area contributed by atoms with Gasteiger partial charge in [-0.2, -0.15) is 0 Å². The monoisotopic (exact) mass is 208 g/mol. The van der Waals surface area contributed by atoms with Crippen LogP contribution in [-0.2, 0) is 17.8 Å². The second-order valence-electron chi connectivity index (χ2n) is 4.02. The van der Waals surface area contributed by atoms with Crippen LogP contribution < -0.4 is 0 Å². The molecule has 4 nitrogen and oxygen atoms in total. The van der Waals surface area contributed by atoms with Crippen LogP contribution in [0.15, 0.2) is 0 Å². The van der Waals surface area contributed by atoms with Gasteiger partial charge in [0.05, 0.1) is 5.69 Å². The topological polar surface area (TPSA) is 55.1 Å². The Morgan fingerprint density at radius 2 is 2.40 bits per heavy atom. The van der Waals surface area contributed by atoms with Crippen LogP contribution in [0.1, 0.15) is 42.9 Å². The number of hydrogen-bond donors (Lipinski definition) is 1. The number of aryl methyl sites for hydroxylation is 1. The highest BCUT2D eigenvalue weighted by molar-refractivity contribution is 5.76. The Morgan fingerprint density at radius 3 is 3.00 bits per heavy atom. The first kappa shape index (κ1) is 10.2. The van der Waals surface area contributed by atoms with Gasteiger partial charge in [0, 0.05) is 12.2 Å². The predicted molar refractivity (Wildman–Crippen MR) is 56.0 cm³/mol. The number of nitrogens with zero attached hydrogens (tertiary/aromatic N) is 2. The Kier molecular flexibility index (Phi) is 2.50. The fourth-order valence-electron chi connectivity index (χ4n) is 2.45. The van der Waals surface area contributed by atoms with Crippen molar-refractivity contribution in [2.75, 3.05) is 0 Å². The minimum atomic E-state index is -0.739. The van der Waals surface area contributed by atoms with E-state index in [1.807, 2.05) is 6.92 Å². The molecule has 1 atom stereocenters. The van der Waals surface area contributed by atoms with Crippen molar-refractivity contribution in [3.05, 3.63) is 17.2 Å². The molecule has 0 bridgehead atoms. The van der Waals surface area contributed by atoms with E-state index >= 15 is 0 Å². The highest BCUT2D eigenvalue weighted by Gasteiger charge is 2.30. The second kappa shape index (κ2) is 3.68. The predicted octanol–water partition coefficient (Wildman–Crippen LogP) is 1.72. The third-order valence-electron chi connectivity index (χ3n) is 3.15. The summed E-state index contributed by atoms with van der Waals surface area (Å²) in [5.41, 5.74) is 1.93. The minimum absolute atomic E-state index is 0.389. The van der Waals surface area contributed by atoms with E-state index in [0.717, 1.165) is 43.0 Å². The molecule has 0 spiro atoms. The summed E-state index contributed by atoms with van der Waals surface area (Å²) in [6, 6.07) is 0. The maximum atomic E-state index is 11.1. The maximum absolute atomic E-state index is 11.1. The van der Waals surface area contributed by atoms with Crippen molar-refractivity contribution in [2.45, 2.75) is 45.6 Å². The van der Waals surface area contributed by atoms with Crippen molar-refractivity contribution in [3.8, 4) is 0 Å². The summed E-state index contributed by atoms with van der Waals surface area (Å²) in [5, 5.41) is 9.11. The normalized spacial score (nSPS) is 20.0. The zero-order chi connectivity index (χ0) is 11.0. The summed E-state index contributed by atoms with van der Waals surface area (Å²) in [5.74, 6) is -0.187. The van der Waals surface area contributed by atoms with Crippen LogP contribution >= 0.6 is 0 Å². The van der Waals surface area contributed by atoms with Gasteiger partial charge in [-0.15, -0.1) is 0 Å². The standard InChI is InChI=1S/C11H16N2O2/c1-3-13-7(2)12-10-8(11(14)15)5-4-6-9(10)13/h8H,3-6H2,1-2H3,(H,14,15). The van der Waals surface area contributed by atoms with Gasteiger partial charge in [-0.05, 0) is 33.1 Å². The van der Waals surface area contributed by atoms with Crippen LogP contribution in [0.4, 0.5) is 0 Å². The Morgan fingerprint density at radius 1 is 1.67 bits per heavy atom. The van der Waals surface area contributed by atoms with E-state index in [1.54, 1.807) is 0 Å². The van der Waals surface area contributed by atoms with E-state index in [4.69, 9.17) is 5.11 Å². The highest BCUT2D eigenvalue weighted by atomic mass is 16.4. The van der Waals surface area contributed by atoms with Crippen LogP contribution in [0.3, 0.4) is 0 Å². The number of imidazole rings is 1. The van der Waals surface area contributed by atoms with Gasteiger partial charge in [-0.1, -0.05) is 0 Å². The zero-order valence-electron chi connectivity index (χ0n) is 9.16. The van der Waals surface area contributed by atoms with Crippen molar-refractivity contribution in [1.82, 2.24) is 9.55 Å². The molecule has 1 heterocycles. The Balaban J connectivity index is 2.49. The Hall–Kier alpha value is -1.32. The summed E-state index contributed by atoms with van der Waals surface area (Å²) < 4.78 is 2.13. The van der Waals surface area contributed by atoms with Crippen molar-refractivity contribution in [3.63, 3.8) is 0 Å². The van der Waals surface area contributed by atoms with Gasteiger partial charge >= 0.3 is 5.97 Å². The lowest BCUT2D eigenvalue weighted by Crippen LogP contribution is -2.19. The molecule has 0 saturated heterocycles. The molecule has 82 valence electrons. The molecule has 1 N–H and O–H groups in total. The van der Waals surface area contributed by atoms with E-state index in [2.05, 4.69) is 16.5 Å². The average molecular weight is 208 g/mol. The van der Waals surface area contributed by atoms with Gasteiger partial charge in [0.1, 0.15) is 11.7 Å². The molecule has 1 unspecified atom stereocenters. The first-order chi connectivity index (χ1) is 7.15. The number of rotatable bonds is 2. The second-order valence-corrected chi connectivity index (χ2v) is 4.02. The molecule has 0 saturated carbocycles. The lowest BCUT2D eigenvalue weighted by molar-refractivity contribution is -0.139. The summed E-state index contributed by atoms with van der Waals surface area (Å²) in [6.45, 7) is 4.89. The molecule has 4 heteroatoms. The van der Waals surface area contributed by atoms with Gasteiger partial charge in [-0.3, -0.25) is 4.79 Å². The maximum Gasteiger partial charge on any atom is 0.312 e. The molecule has 1 aromatic heterocycles. The van der Waals surface area contributed by atoms with Gasteiger partial charge in [-0.25, -0.2) is 4.98 Å². The quantitative estimate of drug-likeness (QED) is 0.805. The molecule has 0 radical (unpaired) electrons. The molecule has 1 aliphatic carbocycles. The third-order valence-corrected chi connectivity index (χ3v) is 3.15. The Bertz CT molecular complexity index is 396. The number of aliphatic carboxylic acids is 1. The number of fused-ring (bicyclic) bond motifs is 1. The Labute approximate surface area is 88.9 Å². The molecule has 15 heavy (non-hydrogen) atoms. The molecular formula is C11H16N2O2. The van der Waals surface area contributed by atoms with E-state index in [0.29, 0.717) is 0 Å². The summed E-state index contributed by atoms with van der Waals surface area (Å²) in [7, 11) is 0. The first-order valence-electron chi connectivity index (χ1n) is 5.43. The van der Waals surface area contributed by atoms with E-state index in [1.165, 1.54) is 0 Å². The number of carboxylic acid groups (broad SMARTS) is 1. The molecule has 0 fully saturated rings. The number of carboxylic acids is 1. The lowest BCUT2D eigenvalue weighted by Gasteiger charge is -2.19. The minimum Gasteiger partial charge on any atom is -0.481 e. The molecule has 0 aliphatic heterocycles. The summed E-state index contributed by atoms with van der Waals surface area (Å²) in [4.78, 5) is 15.5. The zero-order valence-corrected chi connectivity index (χ0v) is 9.16. The smallest absolute Gasteiger partial charge is 0.312 e. The summed E-state index contributed by atoms with van der Waals surface area (Å²) >= 11 is 0. The molecule has 0 aromatic carbocycles. The first-order valence-corrected chi connectivity index (χ1v) is 5.43. The van der Waals surface area contributed by atoms with Gasteiger partial charge in [0.25, 0.3) is 0 Å². The van der Waals surface area contributed by atoms with E-state index in [-0.39, 0.29) is 5.92 Å². The van der Waals surface area contributed by atoms with Crippen LogP contribution in [0.2, 0.25) is 0 Å². The fourth-order valence-corrected chi connectivity index (χ4v) is 2.45. The molecule has 1 aliphatic rings. The van der Waals surface area contributed by atoms with Crippen molar-refractivity contribution in [2.24, 2.45) is 0 Å². The van der Waals surface area contributed by atoms with Gasteiger partial charge < -0.3 is 9.67 Å².